The molecule has 4 nitrogen and oxygen atoms in total. The maximum Gasteiger partial charge on any atom is 0.224 e. The second-order valence-electron chi connectivity index (χ2n) is 5.90. The molecule has 0 aliphatic rings. The largest absolute Gasteiger partial charge is 0.492 e. The number of aryl methyl sites for hydroxylation is 1. The average Bonchev–Trinajstić information content (AvgIpc) is 3.07. The summed E-state index contributed by atoms with van der Waals surface area (Å²) in [5.41, 5.74) is 2.78. The molecular weight excluding hydrogens is 448 g/mol. The molecule has 0 atom stereocenters. The third kappa shape index (κ3) is 5.79. The Balaban J connectivity index is 1.44. The number of aromatic nitrogens is 1. The molecule has 3 aromatic rings. The lowest BCUT2D eigenvalue weighted by atomic mass is 10.1. The zero-order valence-electron chi connectivity index (χ0n) is 14.7. The third-order valence-electron chi connectivity index (χ3n) is 3.78. The van der Waals surface area contributed by atoms with Gasteiger partial charge in [-0.1, -0.05) is 23.7 Å². The Morgan fingerprint density at radius 1 is 1.26 bits per heavy atom. The van der Waals surface area contributed by atoms with E-state index in [9.17, 15) is 4.79 Å². The fourth-order valence-corrected chi connectivity index (χ4v) is 3.87. The van der Waals surface area contributed by atoms with Crippen LogP contribution in [0.2, 0.25) is 5.02 Å². The van der Waals surface area contributed by atoms with Crippen molar-refractivity contribution in [2.75, 3.05) is 11.9 Å². The number of carbonyl (C=O) groups excluding carboxylic acids is 1. The van der Waals surface area contributed by atoms with Gasteiger partial charge in [0.2, 0.25) is 5.91 Å². The minimum atomic E-state index is -0.0361. The summed E-state index contributed by atoms with van der Waals surface area (Å²) in [4.78, 5) is 16.6. The van der Waals surface area contributed by atoms with Crippen LogP contribution < -0.4 is 10.1 Å². The Morgan fingerprint density at radius 2 is 2.04 bits per heavy atom. The Hall–Kier alpha value is -1.89. The summed E-state index contributed by atoms with van der Waals surface area (Å²) < 4.78 is 6.47. The number of nitrogens with zero attached hydrogens (tertiary/aromatic N) is 1. The number of rotatable bonds is 7. The minimum absolute atomic E-state index is 0.0361. The topological polar surface area (TPSA) is 51.2 Å². The van der Waals surface area contributed by atoms with E-state index >= 15 is 0 Å². The third-order valence-corrected chi connectivity index (χ3v) is 5.41. The van der Waals surface area contributed by atoms with Gasteiger partial charge in [0.15, 0.2) is 0 Å². The molecule has 0 saturated carbocycles. The molecule has 0 saturated heterocycles. The molecule has 140 valence electrons. The van der Waals surface area contributed by atoms with Gasteiger partial charge >= 0.3 is 0 Å². The number of carbonyl (C=O) groups is 1. The Bertz CT molecular complexity index is 928. The zero-order valence-corrected chi connectivity index (χ0v) is 17.8. The van der Waals surface area contributed by atoms with E-state index in [1.54, 1.807) is 29.5 Å². The molecule has 0 fully saturated rings. The predicted octanol–water partition coefficient (Wildman–Crippen LogP) is 6.33. The number of amides is 1. The molecule has 0 bridgehead atoms. The number of benzene rings is 2. The summed E-state index contributed by atoms with van der Waals surface area (Å²) in [5, 5.41) is 6.61. The van der Waals surface area contributed by atoms with Crippen LogP contribution in [0.3, 0.4) is 0 Å². The van der Waals surface area contributed by atoms with Crippen LogP contribution in [0.1, 0.15) is 17.8 Å². The smallest absolute Gasteiger partial charge is 0.224 e. The SMILES string of the molecule is Cc1nc(-c2ccc(NC(=O)CCCOc3ccc(Cl)cc3Br)cc2)cs1. The maximum absolute atomic E-state index is 12.1. The van der Waals surface area contributed by atoms with E-state index in [1.807, 2.05) is 36.6 Å². The highest BCUT2D eigenvalue weighted by Gasteiger charge is 2.06. The summed E-state index contributed by atoms with van der Waals surface area (Å²) in [6, 6.07) is 13.1. The standard InChI is InChI=1S/C20H18BrClN2O2S/c1-13-23-18(12-27-13)14-4-7-16(8-5-14)24-20(25)3-2-10-26-19-9-6-15(22)11-17(19)21/h4-9,11-12H,2-3,10H2,1H3,(H,24,25). The number of hydrogen-bond donors (Lipinski definition) is 1. The van der Waals surface area contributed by atoms with Crippen molar-refractivity contribution in [3.05, 3.63) is 62.3 Å². The lowest BCUT2D eigenvalue weighted by Crippen LogP contribution is -2.12. The highest BCUT2D eigenvalue weighted by atomic mass is 79.9. The Labute approximate surface area is 175 Å². The van der Waals surface area contributed by atoms with E-state index in [0.717, 1.165) is 26.4 Å². The minimum Gasteiger partial charge on any atom is -0.492 e. The Kier molecular flexibility index (Phi) is 6.88. The van der Waals surface area contributed by atoms with E-state index in [-0.39, 0.29) is 5.91 Å². The highest BCUT2D eigenvalue weighted by molar-refractivity contribution is 9.10. The van der Waals surface area contributed by atoms with Gasteiger partial charge in [-0.25, -0.2) is 4.98 Å². The van der Waals surface area contributed by atoms with Crippen molar-refractivity contribution >= 4 is 50.5 Å². The first-order chi connectivity index (χ1) is 13.0. The van der Waals surface area contributed by atoms with Gasteiger partial charge in [-0.05, 0) is 59.6 Å². The molecular formula is C20H18BrClN2O2S. The molecule has 0 aliphatic carbocycles. The number of ether oxygens (including phenoxy) is 1. The summed E-state index contributed by atoms with van der Waals surface area (Å²) in [7, 11) is 0. The molecule has 0 aliphatic heterocycles. The quantitative estimate of drug-likeness (QED) is 0.415. The van der Waals surface area contributed by atoms with Gasteiger partial charge in [-0.3, -0.25) is 4.79 Å². The van der Waals surface area contributed by atoms with Crippen molar-refractivity contribution < 1.29 is 9.53 Å². The molecule has 1 aromatic heterocycles. The number of anilines is 1. The van der Waals surface area contributed by atoms with Crippen LogP contribution >= 0.6 is 38.9 Å². The zero-order chi connectivity index (χ0) is 19.2. The van der Waals surface area contributed by atoms with Crippen LogP contribution in [0.5, 0.6) is 5.75 Å². The van der Waals surface area contributed by atoms with Gasteiger partial charge in [0.25, 0.3) is 0 Å². The monoisotopic (exact) mass is 464 g/mol. The van der Waals surface area contributed by atoms with Gasteiger partial charge in [0.05, 0.1) is 21.8 Å². The van der Waals surface area contributed by atoms with Gasteiger partial charge in [0.1, 0.15) is 5.75 Å². The molecule has 0 radical (unpaired) electrons. The van der Waals surface area contributed by atoms with Crippen LogP contribution in [-0.2, 0) is 4.79 Å². The van der Waals surface area contributed by atoms with E-state index in [2.05, 4.69) is 26.2 Å². The lowest BCUT2D eigenvalue weighted by molar-refractivity contribution is -0.116. The molecule has 7 heteroatoms. The van der Waals surface area contributed by atoms with E-state index in [1.165, 1.54) is 0 Å². The summed E-state index contributed by atoms with van der Waals surface area (Å²) in [6.45, 7) is 2.44. The number of nitrogens with one attached hydrogen (secondary N) is 1. The van der Waals surface area contributed by atoms with Gasteiger partial charge in [-0.2, -0.15) is 0 Å². The second-order valence-corrected chi connectivity index (χ2v) is 8.26. The van der Waals surface area contributed by atoms with Crippen molar-refractivity contribution in [3.8, 4) is 17.0 Å². The Morgan fingerprint density at radius 3 is 2.70 bits per heavy atom. The first kappa shape index (κ1) is 19.9. The van der Waals surface area contributed by atoms with Crippen LogP contribution in [0.4, 0.5) is 5.69 Å². The van der Waals surface area contributed by atoms with Crippen LogP contribution in [0.15, 0.2) is 52.3 Å². The molecule has 2 aromatic carbocycles. The molecule has 0 unspecified atom stereocenters. The molecule has 27 heavy (non-hydrogen) atoms. The van der Waals surface area contributed by atoms with Crippen molar-refractivity contribution in [1.82, 2.24) is 4.98 Å². The van der Waals surface area contributed by atoms with E-state index in [0.29, 0.717) is 30.2 Å². The van der Waals surface area contributed by atoms with Crippen molar-refractivity contribution in [2.24, 2.45) is 0 Å². The van der Waals surface area contributed by atoms with Crippen molar-refractivity contribution in [3.63, 3.8) is 0 Å². The summed E-state index contributed by atoms with van der Waals surface area (Å²) >= 11 is 10.9. The molecule has 3 rings (SSSR count). The second kappa shape index (κ2) is 9.35. The molecule has 1 N–H and O–H groups in total. The molecule has 0 spiro atoms. The van der Waals surface area contributed by atoms with Crippen LogP contribution in [-0.4, -0.2) is 17.5 Å². The van der Waals surface area contributed by atoms with Crippen molar-refractivity contribution in [2.45, 2.75) is 19.8 Å². The summed E-state index contributed by atoms with van der Waals surface area (Å²) in [6.07, 6.45) is 1.01. The highest BCUT2D eigenvalue weighted by Crippen LogP contribution is 2.28. The van der Waals surface area contributed by atoms with Crippen LogP contribution in [0.25, 0.3) is 11.3 Å². The number of hydrogen-bond acceptors (Lipinski definition) is 4. The number of halogens is 2. The van der Waals surface area contributed by atoms with Gasteiger partial charge in [0, 0.05) is 28.1 Å². The summed E-state index contributed by atoms with van der Waals surface area (Å²) in [5.74, 6) is 0.679. The first-order valence-corrected chi connectivity index (χ1v) is 10.5. The van der Waals surface area contributed by atoms with Gasteiger partial charge < -0.3 is 10.1 Å². The fraction of sp³-hybridized carbons (Fsp3) is 0.200. The van der Waals surface area contributed by atoms with Crippen molar-refractivity contribution in [1.29, 1.82) is 0 Å². The molecule has 1 amide bonds. The average molecular weight is 466 g/mol. The fourth-order valence-electron chi connectivity index (χ4n) is 2.45. The predicted molar refractivity (Wildman–Crippen MR) is 115 cm³/mol. The van der Waals surface area contributed by atoms with E-state index < -0.39 is 0 Å². The maximum atomic E-state index is 12.1. The number of thiazole rings is 1. The van der Waals surface area contributed by atoms with Crippen LogP contribution in [0, 0.1) is 6.92 Å². The lowest BCUT2D eigenvalue weighted by Gasteiger charge is -2.09. The van der Waals surface area contributed by atoms with Gasteiger partial charge in [-0.15, -0.1) is 11.3 Å². The molecule has 1 heterocycles. The van der Waals surface area contributed by atoms with E-state index in [4.69, 9.17) is 16.3 Å². The normalized spacial score (nSPS) is 10.6. The first-order valence-electron chi connectivity index (χ1n) is 8.41.